The Bertz CT molecular complexity index is 657. The molecule has 0 amide bonds. The molecule has 1 aromatic heterocycles. The van der Waals surface area contributed by atoms with Gasteiger partial charge in [0.05, 0.1) is 16.2 Å². The van der Waals surface area contributed by atoms with Crippen molar-refractivity contribution in [2.45, 2.75) is 19.9 Å². The highest BCUT2D eigenvalue weighted by atomic mass is 79.9. The number of nitrogens with zero attached hydrogens (tertiary/aromatic N) is 1. The Balaban J connectivity index is 2.26. The van der Waals surface area contributed by atoms with Crippen molar-refractivity contribution in [2.75, 3.05) is 5.32 Å². The van der Waals surface area contributed by atoms with Crippen molar-refractivity contribution in [2.24, 2.45) is 5.73 Å². The summed E-state index contributed by atoms with van der Waals surface area (Å²) in [7, 11) is 0. The Morgan fingerprint density at radius 1 is 1.55 bits per heavy atom. The van der Waals surface area contributed by atoms with Crippen LogP contribution in [0, 0.1) is 12.7 Å². The number of halogens is 2. The lowest BCUT2D eigenvalue weighted by Gasteiger charge is -2.15. The zero-order chi connectivity index (χ0) is 14.9. The highest BCUT2D eigenvalue weighted by Gasteiger charge is 2.16. The molecule has 0 aliphatic carbocycles. The third-order valence-corrected chi connectivity index (χ3v) is 4.87. The standard InChI is InChI=1S/C13H13BrFN3S2/c1-6-5-20-13(17-6)7(2)18-9-4-3-8(12(16)19)10(14)11(9)15/h3-5,7,18H,1-2H3,(H2,16,19). The van der Waals surface area contributed by atoms with E-state index in [-0.39, 0.29) is 15.5 Å². The van der Waals surface area contributed by atoms with Gasteiger partial charge in [0.1, 0.15) is 10.00 Å². The van der Waals surface area contributed by atoms with E-state index in [1.54, 1.807) is 23.5 Å². The number of aromatic nitrogens is 1. The van der Waals surface area contributed by atoms with Crippen LogP contribution in [-0.2, 0) is 0 Å². The Kier molecular flexibility index (Phi) is 4.72. The molecule has 3 nitrogen and oxygen atoms in total. The molecule has 0 radical (unpaired) electrons. The molecule has 106 valence electrons. The van der Waals surface area contributed by atoms with E-state index in [0.717, 1.165) is 10.7 Å². The van der Waals surface area contributed by atoms with Crippen LogP contribution in [0.1, 0.15) is 29.2 Å². The highest BCUT2D eigenvalue weighted by molar-refractivity contribution is 9.10. The first-order valence-electron chi connectivity index (χ1n) is 5.86. The maximum absolute atomic E-state index is 14.3. The molecular weight excluding hydrogens is 361 g/mol. The number of thiocarbonyl (C=S) groups is 1. The van der Waals surface area contributed by atoms with Crippen molar-refractivity contribution >= 4 is 50.2 Å². The summed E-state index contributed by atoms with van der Waals surface area (Å²) in [5.41, 5.74) is 7.37. The largest absolute Gasteiger partial charge is 0.389 e. The van der Waals surface area contributed by atoms with E-state index < -0.39 is 5.82 Å². The van der Waals surface area contributed by atoms with Crippen LogP contribution in [0.25, 0.3) is 0 Å². The number of hydrogen-bond donors (Lipinski definition) is 2. The average molecular weight is 374 g/mol. The number of nitrogens with two attached hydrogens (primary N) is 1. The molecule has 20 heavy (non-hydrogen) atoms. The van der Waals surface area contributed by atoms with Gasteiger partial charge in [-0.1, -0.05) is 12.2 Å². The fraction of sp³-hybridized carbons (Fsp3) is 0.231. The zero-order valence-corrected chi connectivity index (χ0v) is 14.1. The van der Waals surface area contributed by atoms with Crippen molar-refractivity contribution in [1.82, 2.24) is 4.98 Å². The van der Waals surface area contributed by atoms with Gasteiger partial charge in [0, 0.05) is 16.6 Å². The molecule has 2 rings (SSSR count). The number of hydrogen-bond acceptors (Lipinski definition) is 4. The molecule has 1 unspecified atom stereocenters. The van der Waals surface area contributed by atoms with Gasteiger partial charge in [0.15, 0.2) is 5.82 Å². The van der Waals surface area contributed by atoms with E-state index in [1.165, 1.54) is 0 Å². The maximum Gasteiger partial charge on any atom is 0.161 e. The Hall–Kier alpha value is -1.05. The minimum Gasteiger partial charge on any atom is -0.389 e. The summed E-state index contributed by atoms with van der Waals surface area (Å²) < 4.78 is 14.5. The van der Waals surface area contributed by atoms with Crippen molar-refractivity contribution in [3.63, 3.8) is 0 Å². The summed E-state index contributed by atoms with van der Waals surface area (Å²) in [6, 6.07) is 3.24. The van der Waals surface area contributed by atoms with Crippen LogP contribution in [0.3, 0.4) is 0 Å². The van der Waals surface area contributed by atoms with Gasteiger partial charge in [0.25, 0.3) is 0 Å². The lowest BCUT2D eigenvalue weighted by Crippen LogP contribution is -2.13. The van der Waals surface area contributed by atoms with Gasteiger partial charge in [-0.3, -0.25) is 0 Å². The minimum absolute atomic E-state index is 0.0780. The first-order valence-corrected chi connectivity index (χ1v) is 7.94. The van der Waals surface area contributed by atoms with Crippen LogP contribution in [0.4, 0.5) is 10.1 Å². The second-order valence-electron chi connectivity index (χ2n) is 4.35. The third-order valence-electron chi connectivity index (χ3n) is 2.73. The summed E-state index contributed by atoms with van der Waals surface area (Å²) in [6.07, 6.45) is 0. The lowest BCUT2D eigenvalue weighted by atomic mass is 10.2. The van der Waals surface area contributed by atoms with E-state index in [0.29, 0.717) is 11.3 Å². The monoisotopic (exact) mass is 373 g/mol. The van der Waals surface area contributed by atoms with E-state index in [9.17, 15) is 4.39 Å². The number of rotatable bonds is 4. The minimum atomic E-state index is -0.407. The van der Waals surface area contributed by atoms with Crippen LogP contribution in [0.5, 0.6) is 0 Å². The van der Waals surface area contributed by atoms with Crippen molar-refractivity contribution in [3.8, 4) is 0 Å². The summed E-state index contributed by atoms with van der Waals surface area (Å²) in [5, 5.41) is 5.99. The third kappa shape index (κ3) is 3.16. The second kappa shape index (κ2) is 6.15. The molecule has 1 heterocycles. The smallest absolute Gasteiger partial charge is 0.161 e. The molecule has 7 heteroatoms. The van der Waals surface area contributed by atoms with Crippen LogP contribution in [0.2, 0.25) is 0 Å². The summed E-state index contributed by atoms with van der Waals surface area (Å²) in [5.74, 6) is -0.407. The second-order valence-corrected chi connectivity index (χ2v) is 6.47. The number of anilines is 1. The van der Waals surface area contributed by atoms with Crippen molar-refractivity contribution in [3.05, 3.63) is 44.1 Å². The van der Waals surface area contributed by atoms with Crippen molar-refractivity contribution in [1.29, 1.82) is 0 Å². The predicted molar refractivity (Wildman–Crippen MR) is 88.9 cm³/mol. The topological polar surface area (TPSA) is 50.9 Å². The molecule has 0 spiro atoms. The maximum atomic E-state index is 14.3. The first kappa shape index (κ1) is 15.3. The molecule has 0 aliphatic heterocycles. The Morgan fingerprint density at radius 3 is 2.80 bits per heavy atom. The molecule has 2 aromatic rings. The van der Waals surface area contributed by atoms with Gasteiger partial charge in [-0.2, -0.15) is 0 Å². The molecule has 0 saturated heterocycles. The Morgan fingerprint density at radius 2 is 2.25 bits per heavy atom. The Labute approximate surface area is 134 Å². The molecule has 0 saturated carbocycles. The number of aryl methyl sites for hydroxylation is 1. The zero-order valence-electron chi connectivity index (χ0n) is 10.9. The lowest BCUT2D eigenvalue weighted by molar-refractivity contribution is 0.620. The van der Waals surface area contributed by atoms with Gasteiger partial charge in [-0.05, 0) is 41.9 Å². The fourth-order valence-electron chi connectivity index (χ4n) is 1.72. The van der Waals surface area contributed by atoms with Crippen LogP contribution >= 0.6 is 39.5 Å². The molecule has 1 aromatic carbocycles. The first-order chi connectivity index (χ1) is 9.40. The normalized spacial score (nSPS) is 12.2. The summed E-state index contributed by atoms with van der Waals surface area (Å²) >= 11 is 9.60. The van der Waals surface area contributed by atoms with E-state index in [2.05, 4.69) is 26.2 Å². The van der Waals surface area contributed by atoms with E-state index >= 15 is 0 Å². The predicted octanol–water partition coefficient (Wildman–Crippen LogP) is 4.16. The molecule has 0 aliphatic rings. The van der Waals surface area contributed by atoms with Crippen LogP contribution in [0.15, 0.2) is 22.0 Å². The van der Waals surface area contributed by atoms with Gasteiger partial charge in [-0.15, -0.1) is 11.3 Å². The van der Waals surface area contributed by atoms with Crippen LogP contribution in [-0.4, -0.2) is 9.97 Å². The van der Waals surface area contributed by atoms with E-state index in [1.807, 2.05) is 19.2 Å². The van der Waals surface area contributed by atoms with Crippen LogP contribution < -0.4 is 11.1 Å². The highest BCUT2D eigenvalue weighted by Crippen LogP contribution is 2.30. The summed E-state index contributed by atoms with van der Waals surface area (Å²) in [4.78, 5) is 4.54. The van der Waals surface area contributed by atoms with Gasteiger partial charge in [0.2, 0.25) is 0 Å². The van der Waals surface area contributed by atoms with Crippen molar-refractivity contribution < 1.29 is 4.39 Å². The van der Waals surface area contributed by atoms with Gasteiger partial charge >= 0.3 is 0 Å². The molecule has 1 atom stereocenters. The van der Waals surface area contributed by atoms with Gasteiger partial charge < -0.3 is 11.1 Å². The number of nitrogens with one attached hydrogen (secondary N) is 1. The molecule has 0 fully saturated rings. The summed E-state index contributed by atoms with van der Waals surface area (Å²) in [6.45, 7) is 3.87. The van der Waals surface area contributed by atoms with E-state index in [4.69, 9.17) is 18.0 Å². The molecule has 0 bridgehead atoms. The van der Waals surface area contributed by atoms with Gasteiger partial charge in [-0.25, -0.2) is 9.37 Å². The average Bonchev–Trinajstić information content (AvgIpc) is 2.81. The SMILES string of the molecule is Cc1csc(C(C)Nc2ccc(C(N)=S)c(Br)c2F)n1. The number of thiazole rings is 1. The molecular formula is C13H13BrFN3S2. The number of benzene rings is 1. The molecule has 3 N–H and O–H groups in total. The quantitative estimate of drug-likeness (QED) is 0.789. The fourth-order valence-corrected chi connectivity index (χ4v) is 3.38.